The van der Waals surface area contributed by atoms with E-state index >= 15 is 0 Å². The highest BCUT2D eigenvalue weighted by atomic mass is 32.2. The molecule has 0 N–H and O–H groups in total. The number of aromatic nitrogens is 2. The molecular formula is C38H51FN6O4S. The Bertz CT molecular complexity index is 1720. The number of piperazine rings is 1. The van der Waals surface area contributed by atoms with Crippen molar-refractivity contribution >= 4 is 15.9 Å². The number of amides is 1. The minimum Gasteiger partial charge on any atom is -0.497 e. The maximum Gasteiger partial charge on any atom is 0.257 e. The van der Waals surface area contributed by atoms with Crippen LogP contribution in [0, 0.1) is 25.6 Å². The van der Waals surface area contributed by atoms with E-state index < -0.39 is 10.0 Å². The number of carbonyl (C=O) groups excluding carboxylic acids is 1. The molecule has 0 bridgehead atoms. The lowest BCUT2D eigenvalue weighted by Gasteiger charge is -2.54. The third-order valence-corrected chi connectivity index (χ3v) is 13.4. The number of ether oxygens (including phenoxy) is 1. The summed E-state index contributed by atoms with van der Waals surface area (Å²) in [6.07, 6.45) is 5.63. The number of methoxy groups -OCH3 is 1. The smallest absolute Gasteiger partial charge is 0.257 e. The summed E-state index contributed by atoms with van der Waals surface area (Å²) in [4.78, 5) is 29.5. The molecule has 3 aliphatic rings. The lowest BCUT2D eigenvalue weighted by atomic mass is 9.83. The normalized spacial score (nSPS) is 22.0. The van der Waals surface area contributed by atoms with Gasteiger partial charge in [0.2, 0.25) is 10.0 Å². The van der Waals surface area contributed by atoms with Gasteiger partial charge in [0.15, 0.2) is 0 Å². The number of piperidine rings is 2. The average Bonchev–Trinajstić information content (AvgIpc) is 3.12. The van der Waals surface area contributed by atoms with Gasteiger partial charge in [-0.3, -0.25) is 14.6 Å². The van der Waals surface area contributed by atoms with Gasteiger partial charge in [0.25, 0.3) is 5.91 Å². The molecule has 0 unspecified atom stereocenters. The van der Waals surface area contributed by atoms with Gasteiger partial charge in [-0.25, -0.2) is 22.8 Å². The molecule has 270 valence electrons. The van der Waals surface area contributed by atoms with Crippen molar-refractivity contribution in [2.45, 2.75) is 82.3 Å². The molecule has 0 radical (unpaired) electrons. The average molecular weight is 707 g/mol. The molecule has 1 amide bonds. The monoisotopic (exact) mass is 706 g/mol. The number of likely N-dealkylation sites (tertiary alicyclic amines) is 1. The Labute approximate surface area is 296 Å². The first-order valence-corrected chi connectivity index (χ1v) is 19.3. The summed E-state index contributed by atoms with van der Waals surface area (Å²) < 4.78 is 47.7. The quantitative estimate of drug-likeness (QED) is 0.308. The molecule has 3 fully saturated rings. The Kier molecular flexibility index (Phi) is 10.9. The van der Waals surface area contributed by atoms with Crippen LogP contribution in [0.4, 0.5) is 4.39 Å². The summed E-state index contributed by atoms with van der Waals surface area (Å²) in [5.74, 6) is 0.703. The molecule has 6 rings (SSSR count). The van der Waals surface area contributed by atoms with Crippen molar-refractivity contribution in [2.75, 3.05) is 52.9 Å². The van der Waals surface area contributed by atoms with Gasteiger partial charge in [-0.05, 0) is 108 Å². The van der Waals surface area contributed by atoms with E-state index in [1.807, 2.05) is 30.9 Å². The zero-order valence-electron chi connectivity index (χ0n) is 30.0. The number of hydrogen-bond acceptors (Lipinski definition) is 8. The van der Waals surface area contributed by atoms with E-state index in [1.54, 1.807) is 35.7 Å². The highest BCUT2D eigenvalue weighted by Gasteiger charge is 2.43. The second kappa shape index (κ2) is 15.0. The Morgan fingerprint density at radius 3 is 2.14 bits per heavy atom. The number of rotatable bonds is 9. The maximum absolute atomic E-state index is 13.9. The standard InChI is InChI=1S/C38H51FN6O4S/c1-27-25-43(38(4)16-20-42(21-17-38)37(46)36-28(2)40-26-41-29(36)3)22-23-45(27)35(24-30-6-8-32(39)9-7-30)31-14-18-44(19-15-31)50(47,48)34-12-10-33(49-5)11-13-34/h6-13,26-27,31,35H,14-25H2,1-5H3/t27-,35-/m0/s1. The fourth-order valence-corrected chi connectivity index (χ4v) is 9.81. The summed E-state index contributed by atoms with van der Waals surface area (Å²) in [5.41, 5.74) is 3.15. The molecule has 1 aromatic heterocycles. The molecule has 0 aliphatic carbocycles. The minimum absolute atomic E-state index is 0.0119. The highest BCUT2D eigenvalue weighted by molar-refractivity contribution is 7.89. The molecule has 0 spiro atoms. The third-order valence-electron chi connectivity index (χ3n) is 11.5. The topological polar surface area (TPSA) is 99.2 Å². The van der Waals surface area contributed by atoms with Crippen molar-refractivity contribution in [3.8, 4) is 5.75 Å². The Balaban J connectivity index is 1.12. The Morgan fingerprint density at radius 1 is 0.940 bits per heavy atom. The van der Waals surface area contributed by atoms with Gasteiger partial charge in [0.05, 0.1) is 29.0 Å². The molecule has 4 heterocycles. The fourth-order valence-electron chi connectivity index (χ4n) is 8.34. The van der Waals surface area contributed by atoms with E-state index in [0.717, 1.165) is 68.7 Å². The summed E-state index contributed by atoms with van der Waals surface area (Å²) in [5, 5.41) is 0. The molecular weight excluding hydrogens is 656 g/mol. The van der Waals surface area contributed by atoms with Crippen LogP contribution in [0.3, 0.4) is 0 Å². The second-order valence-corrected chi connectivity index (χ2v) is 16.5. The Morgan fingerprint density at radius 2 is 1.56 bits per heavy atom. The van der Waals surface area contributed by atoms with E-state index in [2.05, 4.69) is 33.6 Å². The van der Waals surface area contributed by atoms with Crippen molar-refractivity contribution < 1.29 is 22.3 Å². The van der Waals surface area contributed by atoms with Crippen LogP contribution < -0.4 is 4.74 Å². The van der Waals surface area contributed by atoms with Crippen LogP contribution in [0.15, 0.2) is 59.8 Å². The van der Waals surface area contributed by atoms with Gasteiger partial charge in [-0.2, -0.15) is 4.31 Å². The third kappa shape index (κ3) is 7.58. The molecule has 3 aromatic rings. The number of hydrogen-bond donors (Lipinski definition) is 0. The van der Waals surface area contributed by atoms with Crippen molar-refractivity contribution in [3.63, 3.8) is 0 Å². The number of halogens is 1. The van der Waals surface area contributed by atoms with Crippen molar-refractivity contribution in [1.29, 1.82) is 0 Å². The van der Waals surface area contributed by atoms with Crippen LogP contribution in [0.1, 0.15) is 66.8 Å². The van der Waals surface area contributed by atoms with Gasteiger partial charge in [-0.15, -0.1) is 0 Å². The van der Waals surface area contributed by atoms with Crippen LogP contribution in [0.5, 0.6) is 5.75 Å². The summed E-state index contributed by atoms with van der Waals surface area (Å²) in [6.45, 7) is 13.4. The van der Waals surface area contributed by atoms with E-state index in [4.69, 9.17) is 4.74 Å². The van der Waals surface area contributed by atoms with E-state index in [0.29, 0.717) is 43.4 Å². The first-order valence-electron chi connectivity index (χ1n) is 17.9. The van der Waals surface area contributed by atoms with Gasteiger partial charge >= 0.3 is 0 Å². The van der Waals surface area contributed by atoms with Crippen LogP contribution in [0.25, 0.3) is 0 Å². The summed E-state index contributed by atoms with van der Waals surface area (Å²) in [7, 11) is -2.04. The van der Waals surface area contributed by atoms with E-state index in [9.17, 15) is 17.6 Å². The summed E-state index contributed by atoms with van der Waals surface area (Å²) >= 11 is 0. The fraction of sp³-hybridized carbons (Fsp3) is 0.553. The molecule has 2 atom stereocenters. The van der Waals surface area contributed by atoms with Gasteiger partial charge in [-0.1, -0.05) is 12.1 Å². The van der Waals surface area contributed by atoms with Crippen molar-refractivity contribution in [3.05, 3.63) is 83.2 Å². The van der Waals surface area contributed by atoms with Gasteiger partial charge in [0.1, 0.15) is 17.9 Å². The molecule has 3 aliphatic heterocycles. The zero-order chi connectivity index (χ0) is 35.6. The van der Waals surface area contributed by atoms with E-state index in [1.165, 1.54) is 18.5 Å². The molecule has 2 aromatic carbocycles. The first kappa shape index (κ1) is 36.3. The van der Waals surface area contributed by atoms with Crippen LogP contribution >= 0.6 is 0 Å². The largest absolute Gasteiger partial charge is 0.497 e. The zero-order valence-corrected chi connectivity index (χ0v) is 30.8. The van der Waals surface area contributed by atoms with Crippen LogP contribution in [-0.2, 0) is 16.4 Å². The number of carbonyl (C=O) groups is 1. The predicted octanol–water partition coefficient (Wildman–Crippen LogP) is 4.95. The van der Waals surface area contributed by atoms with Crippen LogP contribution in [-0.4, -0.2) is 114 Å². The van der Waals surface area contributed by atoms with Crippen molar-refractivity contribution in [1.82, 2.24) is 29.0 Å². The van der Waals surface area contributed by atoms with Crippen LogP contribution in [0.2, 0.25) is 0 Å². The number of sulfonamides is 1. The molecule has 0 saturated carbocycles. The molecule has 12 heteroatoms. The van der Waals surface area contributed by atoms with Gasteiger partial charge in [0, 0.05) is 63.4 Å². The van der Waals surface area contributed by atoms with Crippen molar-refractivity contribution in [2.24, 2.45) is 5.92 Å². The SMILES string of the molecule is COc1ccc(S(=O)(=O)N2CCC([C@H](Cc3ccc(F)cc3)N3CCN(C4(C)CCN(C(=O)c5c(C)ncnc5C)CC4)C[C@@H]3C)CC2)cc1. The number of nitrogens with zero attached hydrogens (tertiary/aromatic N) is 6. The number of benzene rings is 2. The number of aryl methyl sites for hydroxylation is 2. The summed E-state index contributed by atoms with van der Waals surface area (Å²) in [6, 6.07) is 13.9. The molecule has 3 saturated heterocycles. The highest BCUT2D eigenvalue weighted by Crippen LogP contribution is 2.35. The second-order valence-electron chi connectivity index (χ2n) is 14.6. The first-order chi connectivity index (χ1) is 23.9. The predicted molar refractivity (Wildman–Crippen MR) is 191 cm³/mol. The van der Waals surface area contributed by atoms with E-state index in [-0.39, 0.29) is 34.2 Å². The minimum atomic E-state index is -3.61. The van der Waals surface area contributed by atoms with Gasteiger partial charge < -0.3 is 9.64 Å². The molecule has 50 heavy (non-hydrogen) atoms. The maximum atomic E-state index is 13.9. The molecule has 10 nitrogen and oxygen atoms in total. The lowest BCUT2D eigenvalue weighted by molar-refractivity contribution is -0.0412. The lowest BCUT2D eigenvalue weighted by Crippen LogP contribution is -2.64. The Hall–Kier alpha value is -3.45.